The number of benzene rings is 1. The molecule has 2 unspecified atom stereocenters. The third-order valence-corrected chi connectivity index (χ3v) is 7.34. The number of hydrazone groups is 2. The fraction of sp³-hybridized carbons (Fsp3) is 0.414. The van der Waals surface area contributed by atoms with E-state index in [1.807, 2.05) is 0 Å². The van der Waals surface area contributed by atoms with Crippen LogP contribution in [-0.4, -0.2) is 58.1 Å². The summed E-state index contributed by atoms with van der Waals surface area (Å²) in [6, 6.07) is 8.54. The number of pyridine rings is 1. The van der Waals surface area contributed by atoms with Crippen molar-refractivity contribution in [3.05, 3.63) is 59.0 Å². The molecule has 1 N–H and O–H groups in total. The van der Waals surface area contributed by atoms with E-state index in [1.54, 1.807) is 32.0 Å². The second-order valence-electron chi connectivity index (χ2n) is 10.6. The standard InChI is InChI=1S/C29H30F4N6O4/c1-16-12-24(40)34-35-27(16)19-7-6-18(14-21(19)30)43-11-5-4-10-38-25(41)13-17(2)28(37-38)20-8-9-26(42-3)39-22(20)15-23(36-39)29(31,32)33/h6-9,14-17H,4-5,10-13H2,1-3H3,(H,34,40). The SMILES string of the molecule is COc1ccc(C2=NN(CCCCOc3ccc(C4=NNC(=O)CC4C)c(F)c3)C(=O)CC2C)c2cc(C(F)(F)F)nn12. The van der Waals surface area contributed by atoms with E-state index in [0.29, 0.717) is 41.1 Å². The third kappa shape index (κ3) is 6.32. The first-order valence-electron chi connectivity index (χ1n) is 13.8. The minimum Gasteiger partial charge on any atom is -0.493 e. The van der Waals surface area contributed by atoms with Gasteiger partial charge in [0.2, 0.25) is 17.7 Å². The van der Waals surface area contributed by atoms with E-state index in [0.717, 1.165) is 10.6 Å². The van der Waals surface area contributed by atoms with Gasteiger partial charge in [0.05, 0.1) is 30.7 Å². The zero-order valence-corrected chi connectivity index (χ0v) is 23.7. The van der Waals surface area contributed by atoms with Crippen LogP contribution in [0.2, 0.25) is 0 Å². The van der Waals surface area contributed by atoms with Crippen molar-refractivity contribution >= 4 is 28.8 Å². The van der Waals surface area contributed by atoms with E-state index in [9.17, 15) is 27.2 Å². The van der Waals surface area contributed by atoms with Crippen LogP contribution >= 0.6 is 0 Å². The molecule has 0 saturated heterocycles. The van der Waals surface area contributed by atoms with Crippen LogP contribution in [0.3, 0.4) is 0 Å². The summed E-state index contributed by atoms with van der Waals surface area (Å²) in [6.07, 6.45) is -3.21. The largest absolute Gasteiger partial charge is 0.493 e. The Kier molecular flexibility index (Phi) is 8.38. The minimum absolute atomic E-state index is 0.131. The lowest BCUT2D eigenvalue weighted by Crippen LogP contribution is -2.37. The van der Waals surface area contributed by atoms with Crippen molar-refractivity contribution in [1.82, 2.24) is 20.0 Å². The lowest BCUT2D eigenvalue weighted by Gasteiger charge is -2.28. The maximum absolute atomic E-state index is 14.8. The van der Waals surface area contributed by atoms with E-state index >= 15 is 0 Å². The van der Waals surface area contributed by atoms with E-state index in [-0.39, 0.29) is 61.0 Å². The molecule has 0 bridgehead atoms. The molecule has 228 valence electrons. The van der Waals surface area contributed by atoms with Crippen molar-refractivity contribution < 1.29 is 36.6 Å². The summed E-state index contributed by atoms with van der Waals surface area (Å²) in [6.45, 7) is 4.14. The quantitative estimate of drug-likeness (QED) is 0.280. The summed E-state index contributed by atoms with van der Waals surface area (Å²) in [5.74, 6) is -0.999. The van der Waals surface area contributed by atoms with Crippen molar-refractivity contribution in [2.45, 2.75) is 45.7 Å². The van der Waals surface area contributed by atoms with Crippen LogP contribution in [-0.2, 0) is 15.8 Å². The second kappa shape index (κ2) is 12.0. The molecule has 2 atom stereocenters. The second-order valence-corrected chi connectivity index (χ2v) is 10.6. The molecule has 2 amide bonds. The van der Waals surface area contributed by atoms with Gasteiger partial charge in [-0.15, -0.1) is 0 Å². The maximum Gasteiger partial charge on any atom is 0.435 e. The number of hydrogen-bond acceptors (Lipinski definition) is 7. The molecule has 0 radical (unpaired) electrons. The van der Waals surface area contributed by atoms with E-state index in [4.69, 9.17) is 9.47 Å². The van der Waals surface area contributed by atoms with E-state index in [2.05, 4.69) is 20.7 Å². The number of methoxy groups -OCH3 is 1. The van der Waals surface area contributed by atoms with Gasteiger partial charge >= 0.3 is 6.18 Å². The first-order chi connectivity index (χ1) is 20.5. The van der Waals surface area contributed by atoms with Gasteiger partial charge in [-0.05, 0) is 37.1 Å². The number of rotatable bonds is 9. The highest BCUT2D eigenvalue weighted by molar-refractivity contribution is 6.10. The van der Waals surface area contributed by atoms with Crippen LogP contribution in [0, 0.1) is 17.7 Å². The molecule has 0 aliphatic carbocycles. The number of hydrogen-bond donors (Lipinski definition) is 1. The van der Waals surface area contributed by atoms with Crippen LogP contribution in [0.1, 0.15) is 56.4 Å². The highest BCUT2D eigenvalue weighted by atomic mass is 19.4. The Hall–Kier alpha value is -4.49. The number of fused-ring (bicyclic) bond motifs is 1. The predicted octanol–water partition coefficient (Wildman–Crippen LogP) is 4.79. The van der Waals surface area contributed by atoms with Gasteiger partial charge in [0.15, 0.2) is 5.69 Å². The molecule has 4 heterocycles. The molecule has 0 spiro atoms. The van der Waals surface area contributed by atoms with Crippen molar-refractivity contribution in [2.24, 2.45) is 22.0 Å². The molecule has 2 aliphatic rings. The van der Waals surface area contributed by atoms with Gasteiger partial charge in [-0.1, -0.05) is 13.8 Å². The molecular formula is C29H30F4N6O4. The maximum atomic E-state index is 14.8. The molecule has 2 aromatic heterocycles. The van der Waals surface area contributed by atoms with Gasteiger partial charge in [-0.3, -0.25) is 9.59 Å². The summed E-state index contributed by atoms with van der Waals surface area (Å²) >= 11 is 0. The Bertz CT molecular complexity index is 1620. The summed E-state index contributed by atoms with van der Waals surface area (Å²) in [5.41, 5.74) is 3.16. The number of halogens is 4. The molecule has 3 aromatic rings. The number of amides is 2. The summed E-state index contributed by atoms with van der Waals surface area (Å²) in [4.78, 5) is 24.2. The fourth-order valence-corrected chi connectivity index (χ4v) is 5.13. The van der Waals surface area contributed by atoms with Gasteiger partial charge in [0.25, 0.3) is 0 Å². The smallest absolute Gasteiger partial charge is 0.435 e. The molecule has 10 nitrogen and oxygen atoms in total. The van der Waals surface area contributed by atoms with Crippen molar-refractivity contribution in [1.29, 1.82) is 0 Å². The summed E-state index contributed by atoms with van der Waals surface area (Å²) < 4.78 is 67.0. The Balaban J connectivity index is 1.23. The molecule has 2 aliphatic heterocycles. The first-order valence-corrected chi connectivity index (χ1v) is 13.8. The lowest BCUT2D eigenvalue weighted by atomic mass is 9.93. The van der Waals surface area contributed by atoms with Crippen LogP contribution in [0.15, 0.2) is 46.6 Å². The van der Waals surface area contributed by atoms with Gasteiger partial charge in [0, 0.05) is 54.5 Å². The average Bonchev–Trinajstić information content (AvgIpc) is 3.41. The van der Waals surface area contributed by atoms with Crippen molar-refractivity contribution in [3.8, 4) is 11.6 Å². The van der Waals surface area contributed by atoms with Gasteiger partial charge in [-0.2, -0.15) is 33.0 Å². The van der Waals surface area contributed by atoms with Gasteiger partial charge in [-0.25, -0.2) is 14.8 Å². The van der Waals surface area contributed by atoms with Crippen LogP contribution in [0.25, 0.3) is 5.52 Å². The number of carbonyl (C=O) groups excluding carboxylic acids is 2. The van der Waals surface area contributed by atoms with Gasteiger partial charge in [0.1, 0.15) is 11.6 Å². The molecule has 1 aromatic carbocycles. The molecule has 0 saturated carbocycles. The number of alkyl halides is 3. The first kappa shape index (κ1) is 30.0. The lowest BCUT2D eigenvalue weighted by molar-refractivity contribution is -0.141. The zero-order chi connectivity index (χ0) is 30.9. The van der Waals surface area contributed by atoms with Crippen LogP contribution in [0.5, 0.6) is 11.6 Å². The molecule has 5 rings (SSSR count). The normalized spacial score (nSPS) is 19.3. The van der Waals surface area contributed by atoms with Crippen LogP contribution < -0.4 is 14.9 Å². The van der Waals surface area contributed by atoms with Crippen molar-refractivity contribution in [3.63, 3.8) is 0 Å². The van der Waals surface area contributed by atoms with Crippen molar-refractivity contribution in [2.75, 3.05) is 20.3 Å². The Labute approximate surface area is 244 Å². The number of unbranched alkanes of at least 4 members (excludes halogenated alkanes) is 1. The summed E-state index contributed by atoms with van der Waals surface area (Å²) in [7, 11) is 1.34. The highest BCUT2D eigenvalue weighted by Gasteiger charge is 2.36. The number of nitrogens with one attached hydrogen (secondary N) is 1. The van der Waals surface area contributed by atoms with E-state index < -0.39 is 17.7 Å². The molecular weight excluding hydrogens is 572 g/mol. The molecule has 14 heteroatoms. The number of nitrogens with zero attached hydrogens (tertiary/aromatic N) is 5. The van der Waals surface area contributed by atoms with Crippen LogP contribution in [0.4, 0.5) is 17.6 Å². The van der Waals surface area contributed by atoms with E-state index in [1.165, 1.54) is 24.3 Å². The number of aromatic nitrogens is 2. The summed E-state index contributed by atoms with van der Waals surface area (Å²) in [5, 5.41) is 13.5. The fourth-order valence-electron chi connectivity index (χ4n) is 5.13. The minimum atomic E-state index is -4.64. The zero-order valence-electron chi connectivity index (χ0n) is 23.7. The molecule has 0 fully saturated rings. The highest BCUT2D eigenvalue weighted by Crippen LogP contribution is 2.33. The topological polar surface area (TPSA) is 110 Å². The Morgan fingerprint density at radius 1 is 1.00 bits per heavy atom. The monoisotopic (exact) mass is 602 g/mol. The third-order valence-electron chi connectivity index (χ3n) is 7.34. The Morgan fingerprint density at radius 3 is 2.44 bits per heavy atom. The number of ether oxygens (including phenoxy) is 2. The Morgan fingerprint density at radius 2 is 1.74 bits per heavy atom. The number of carbonyl (C=O) groups is 2. The molecule has 43 heavy (non-hydrogen) atoms. The predicted molar refractivity (Wildman–Crippen MR) is 148 cm³/mol. The average molecular weight is 603 g/mol. The van der Waals surface area contributed by atoms with Gasteiger partial charge < -0.3 is 9.47 Å².